The molecule has 2 atom stereocenters. The van der Waals surface area contributed by atoms with Gasteiger partial charge in [-0.15, -0.1) is 0 Å². The van der Waals surface area contributed by atoms with Crippen molar-refractivity contribution >= 4 is 11.5 Å². The molecule has 3 heteroatoms. The lowest BCUT2D eigenvalue weighted by Gasteiger charge is -2.38. The molecule has 138 valence electrons. The Balaban J connectivity index is 1.91. The molecule has 0 spiro atoms. The molecule has 1 heterocycles. The van der Waals surface area contributed by atoms with Crippen molar-refractivity contribution < 1.29 is 14.3 Å². The number of fused-ring (bicyclic) bond motifs is 1. The van der Waals surface area contributed by atoms with Gasteiger partial charge in [-0.3, -0.25) is 0 Å². The average molecular weight is 352 g/mol. The first kappa shape index (κ1) is 18.7. The van der Waals surface area contributed by atoms with Crippen LogP contribution in [0.15, 0.2) is 59.7 Å². The molecule has 26 heavy (non-hydrogen) atoms. The van der Waals surface area contributed by atoms with E-state index < -0.39 is 0 Å². The Morgan fingerprint density at radius 1 is 1.23 bits per heavy atom. The van der Waals surface area contributed by atoms with Gasteiger partial charge in [0.1, 0.15) is 0 Å². The van der Waals surface area contributed by atoms with E-state index in [1.165, 1.54) is 42.0 Å². The molecule has 1 saturated carbocycles. The number of esters is 1. The van der Waals surface area contributed by atoms with Crippen molar-refractivity contribution in [1.29, 1.82) is 0 Å². The van der Waals surface area contributed by atoms with E-state index in [1.807, 2.05) is 19.9 Å². The van der Waals surface area contributed by atoms with Gasteiger partial charge in [0.15, 0.2) is 0 Å². The third-order valence-corrected chi connectivity index (χ3v) is 5.14. The minimum atomic E-state index is -0.292. The molecular formula is C23H28O3. The molecule has 0 aromatic heterocycles. The minimum Gasteiger partial charge on any atom is -0.463 e. The van der Waals surface area contributed by atoms with Crippen LogP contribution in [0.25, 0.3) is 5.57 Å². The summed E-state index contributed by atoms with van der Waals surface area (Å²) in [5, 5.41) is 0. The largest absolute Gasteiger partial charge is 0.463 e. The summed E-state index contributed by atoms with van der Waals surface area (Å²) in [5.74, 6) is 0.174. The predicted molar refractivity (Wildman–Crippen MR) is 105 cm³/mol. The van der Waals surface area contributed by atoms with E-state index in [0.29, 0.717) is 25.2 Å². The van der Waals surface area contributed by atoms with Gasteiger partial charge in [-0.2, -0.15) is 0 Å². The lowest BCUT2D eigenvalue weighted by atomic mass is 9.75. The van der Waals surface area contributed by atoms with Crippen LogP contribution in [0, 0.1) is 5.92 Å². The lowest BCUT2D eigenvalue weighted by Crippen LogP contribution is -2.33. The van der Waals surface area contributed by atoms with Gasteiger partial charge in [-0.05, 0) is 49.0 Å². The number of ether oxygens (including phenoxy) is 2. The highest BCUT2D eigenvalue weighted by Crippen LogP contribution is 2.42. The van der Waals surface area contributed by atoms with Crippen LogP contribution in [-0.2, 0) is 14.3 Å². The summed E-state index contributed by atoms with van der Waals surface area (Å²) in [5.41, 5.74) is 4.81. The standard InChI is InChI=1S/C23H28O3/c1-3-25-22(24)15-17(2)13-14-19-16-26-21-12-8-7-11-20(21)23(19)18-9-5-4-6-10-18/h4-6,9-10,13-15,20-21H,3,7-8,11-12,16H2,1-2H3/b14-13+,17-15+. The van der Waals surface area contributed by atoms with Crippen LogP contribution in [0.3, 0.4) is 0 Å². The van der Waals surface area contributed by atoms with Crippen LogP contribution in [0.2, 0.25) is 0 Å². The van der Waals surface area contributed by atoms with Crippen molar-refractivity contribution in [2.24, 2.45) is 5.92 Å². The van der Waals surface area contributed by atoms with E-state index in [1.54, 1.807) is 0 Å². The molecule has 1 aliphatic carbocycles. The maximum Gasteiger partial charge on any atom is 0.330 e. The van der Waals surface area contributed by atoms with Crippen molar-refractivity contribution in [3.63, 3.8) is 0 Å². The minimum absolute atomic E-state index is 0.292. The molecule has 0 N–H and O–H groups in total. The number of carbonyl (C=O) groups excluding carboxylic acids is 1. The zero-order valence-electron chi connectivity index (χ0n) is 15.7. The molecule has 1 aromatic carbocycles. The van der Waals surface area contributed by atoms with E-state index in [0.717, 1.165) is 12.0 Å². The Hall–Kier alpha value is -2.13. The second-order valence-electron chi connectivity index (χ2n) is 7.02. The Morgan fingerprint density at radius 3 is 2.77 bits per heavy atom. The van der Waals surface area contributed by atoms with Gasteiger partial charge in [0.05, 0.1) is 19.3 Å². The van der Waals surface area contributed by atoms with Crippen molar-refractivity contribution in [2.75, 3.05) is 13.2 Å². The van der Waals surface area contributed by atoms with Gasteiger partial charge in [0, 0.05) is 12.0 Å². The number of hydrogen-bond acceptors (Lipinski definition) is 3. The van der Waals surface area contributed by atoms with Crippen LogP contribution in [0.4, 0.5) is 0 Å². The van der Waals surface area contributed by atoms with Crippen molar-refractivity contribution in [3.05, 3.63) is 65.3 Å². The first-order chi connectivity index (χ1) is 12.7. The summed E-state index contributed by atoms with van der Waals surface area (Å²) in [4.78, 5) is 11.6. The summed E-state index contributed by atoms with van der Waals surface area (Å²) in [6, 6.07) is 10.7. The highest BCUT2D eigenvalue weighted by atomic mass is 16.5. The van der Waals surface area contributed by atoms with Gasteiger partial charge < -0.3 is 9.47 Å². The Kier molecular flexibility index (Phi) is 6.45. The van der Waals surface area contributed by atoms with Gasteiger partial charge in [0.2, 0.25) is 0 Å². The molecule has 0 radical (unpaired) electrons. The summed E-state index contributed by atoms with van der Waals surface area (Å²) >= 11 is 0. The molecular weight excluding hydrogens is 324 g/mol. The summed E-state index contributed by atoms with van der Waals surface area (Å²) in [6.07, 6.45) is 10.8. The first-order valence-corrected chi connectivity index (χ1v) is 9.62. The maximum atomic E-state index is 11.6. The molecule has 2 unspecified atom stereocenters. The molecule has 0 saturated heterocycles. The normalized spacial score (nSPS) is 23.8. The van der Waals surface area contributed by atoms with E-state index in [4.69, 9.17) is 9.47 Å². The predicted octanol–water partition coefficient (Wildman–Crippen LogP) is 5.09. The number of carbonyl (C=O) groups is 1. The zero-order valence-corrected chi connectivity index (χ0v) is 15.7. The first-order valence-electron chi connectivity index (χ1n) is 9.62. The second-order valence-corrected chi connectivity index (χ2v) is 7.02. The Bertz CT molecular complexity index is 712. The molecule has 1 fully saturated rings. The third kappa shape index (κ3) is 4.53. The molecule has 2 aliphatic rings. The fourth-order valence-electron chi connectivity index (χ4n) is 3.94. The fraction of sp³-hybridized carbons (Fsp3) is 0.435. The Labute approximate surface area is 156 Å². The van der Waals surface area contributed by atoms with Crippen molar-refractivity contribution in [2.45, 2.75) is 45.6 Å². The topological polar surface area (TPSA) is 35.5 Å². The molecule has 3 rings (SSSR count). The summed E-state index contributed by atoms with van der Waals surface area (Å²) < 4.78 is 11.2. The van der Waals surface area contributed by atoms with Crippen LogP contribution in [0.1, 0.15) is 45.1 Å². The summed E-state index contributed by atoms with van der Waals surface area (Å²) in [7, 11) is 0. The SMILES string of the molecule is CCOC(=O)/C=C(C)/C=C/C1=C(c2ccccc2)C2CCCCC2OC1. The fourth-order valence-corrected chi connectivity index (χ4v) is 3.94. The van der Waals surface area contributed by atoms with Crippen molar-refractivity contribution in [1.82, 2.24) is 0 Å². The average Bonchev–Trinajstić information content (AvgIpc) is 2.66. The molecule has 0 bridgehead atoms. The molecule has 3 nitrogen and oxygen atoms in total. The Morgan fingerprint density at radius 2 is 2.00 bits per heavy atom. The smallest absolute Gasteiger partial charge is 0.330 e. The number of allylic oxidation sites excluding steroid dienone is 2. The third-order valence-electron chi connectivity index (χ3n) is 5.14. The lowest BCUT2D eigenvalue weighted by molar-refractivity contribution is -0.137. The van der Waals surface area contributed by atoms with Gasteiger partial charge in [0.25, 0.3) is 0 Å². The van der Waals surface area contributed by atoms with E-state index in [-0.39, 0.29) is 5.97 Å². The number of rotatable bonds is 5. The quantitative estimate of drug-likeness (QED) is 0.420. The monoisotopic (exact) mass is 352 g/mol. The molecule has 1 aliphatic heterocycles. The maximum absolute atomic E-state index is 11.6. The van der Waals surface area contributed by atoms with Gasteiger partial charge in [-0.1, -0.05) is 55.3 Å². The van der Waals surface area contributed by atoms with E-state index >= 15 is 0 Å². The van der Waals surface area contributed by atoms with Gasteiger partial charge in [-0.25, -0.2) is 4.79 Å². The van der Waals surface area contributed by atoms with Crippen LogP contribution < -0.4 is 0 Å². The zero-order chi connectivity index (χ0) is 18.4. The summed E-state index contributed by atoms with van der Waals surface area (Å²) in [6.45, 7) is 4.76. The van der Waals surface area contributed by atoms with Gasteiger partial charge >= 0.3 is 5.97 Å². The second kappa shape index (κ2) is 9.00. The molecule has 0 amide bonds. The highest BCUT2D eigenvalue weighted by molar-refractivity contribution is 5.83. The van der Waals surface area contributed by atoms with Crippen LogP contribution >= 0.6 is 0 Å². The number of hydrogen-bond donors (Lipinski definition) is 0. The van der Waals surface area contributed by atoms with Crippen LogP contribution in [-0.4, -0.2) is 25.3 Å². The highest BCUT2D eigenvalue weighted by Gasteiger charge is 2.34. The van der Waals surface area contributed by atoms with Crippen LogP contribution in [0.5, 0.6) is 0 Å². The number of benzene rings is 1. The molecule has 1 aromatic rings. The van der Waals surface area contributed by atoms with E-state index in [9.17, 15) is 4.79 Å². The van der Waals surface area contributed by atoms with E-state index in [2.05, 4.69) is 36.4 Å². The van der Waals surface area contributed by atoms with Crippen molar-refractivity contribution in [3.8, 4) is 0 Å².